The molecule has 0 unspecified atom stereocenters. The lowest BCUT2D eigenvalue weighted by atomic mass is 9.77. The van der Waals surface area contributed by atoms with E-state index >= 15 is 0 Å². The molecule has 2 heterocycles. The number of pyridine rings is 1. The van der Waals surface area contributed by atoms with Crippen molar-refractivity contribution >= 4 is 5.82 Å². The standard InChI is InChI=1S/C17H27N3/c1-14-11-15(12-18-2)13-19-16(14)20-9-7-17(8-10-20)5-3-4-6-17/h11,13,18H,3-10,12H2,1-2H3. The first-order valence-corrected chi connectivity index (χ1v) is 8.08. The third kappa shape index (κ3) is 2.69. The van der Waals surface area contributed by atoms with E-state index in [2.05, 4.69) is 23.2 Å². The van der Waals surface area contributed by atoms with Crippen molar-refractivity contribution in [1.82, 2.24) is 10.3 Å². The van der Waals surface area contributed by atoms with Crippen molar-refractivity contribution in [2.24, 2.45) is 5.41 Å². The Labute approximate surface area is 122 Å². The molecule has 0 amide bonds. The first-order chi connectivity index (χ1) is 9.72. The lowest BCUT2D eigenvalue weighted by molar-refractivity contribution is 0.226. The quantitative estimate of drug-likeness (QED) is 0.916. The van der Waals surface area contributed by atoms with E-state index in [1.807, 2.05) is 13.2 Å². The van der Waals surface area contributed by atoms with Gasteiger partial charge in [-0.15, -0.1) is 0 Å². The molecule has 110 valence electrons. The van der Waals surface area contributed by atoms with Crippen molar-refractivity contribution < 1.29 is 0 Å². The predicted octanol–water partition coefficient (Wildman–Crippen LogP) is 3.27. The van der Waals surface area contributed by atoms with Crippen molar-refractivity contribution in [1.29, 1.82) is 0 Å². The van der Waals surface area contributed by atoms with E-state index in [0.717, 1.165) is 6.54 Å². The van der Waals surface area contributed by atoms with Crippen LogP contribution in [0.3, 0.4) is 0 Å². The maximum Gasteiger partial charge on any atom is 0.131 e. The second-order valence-electron chi connectivity index (χ2n) is 6.71. The highest BCUT2D eigenvalue weighted by atomic mass is 15.2. The lowest BCUT2D eigenvalue weighted by Gasteiger charge is -2.40. The Bertz CT molecular complexity index is 453. The molecule has 1 aromatic rings. The molecule has 0 aromatic carbocycles. The van der Waals surface area contributed by atoms with Crippen LogP contribution in [0.1, 0.15) is 49.7 Å². The summed E-state index contributed by atoms with van der Waals surface area (Å²) < 4.78 is 0. The Hall–Kier alpha value is -1.09. The summed E-state index contributed by atoms with van der Waals surface area (Å²) >= 11 is 0. The molecule has 3 heteroatoms. The number of hydrogen-bond acceptors (Lipinski definition) is 3. The third-order valence-electron chi connectivity index (χ3n) is 5.28. The van der Waals surface area contributed by atoms with Crippen molar-refractivity contribution in [3.05, 3.63) is 23.4 Å². The van der Waals surface area contributed by atoms with Crippen LogP contribution in [-0.4, -0.2) is 25.1 Å². The normalized spacial score (nSPS) is 21.6. The number of hydrogen-bond donors (Lipinski definition) is 1. The zero-order valence-corrected chi connectivity index (χ0v) is 12.9. The molecule has 3 nitrogen and oxygen atoms in total. The largest absolute Gasteiger partial charge is 0.356 e. The molecular weight excluding hydrogens is 246 g/mol. The minimum Gasteiger partial charge on any atom is -0.356 e. The summed E-state index contributed by atoms with van der Waals surface area (Å²) in [6.45, 7) is 5.48. The second-order valence-corrected chi connectivity index (χ2v) is 6.71. The van der Waals surface area contributed by atoms with Gasteiger partial charge < -0.3 is 10.2 Å². The molecule has 1 aliphatic heterocycles. The predicted molar refractivity (Wildman–Crippen MR) is 84.1 cm³/mol. The van der Waals surface area contributed by atoms with Gasteiger partial charge in [-0.05, 0) is 62.3 Å². The van der Waals surface area contributed by atoms with Crippen LogP contribution in [0.2, 0.25) is 0 Å². The van der Waals surface area contributed by atoms with E-state index in [1.54, 1.807) is 0 Å². The van der Waals surface area contributed by atoms with E-state index in [9.17, 15) is 0 Å². The highest BCUT2D eigenvalue weighted by molar-refractivity contribution is 5.47. The summed E-state index contributed by atoms with van der Waals surface area (Å²) in [5.41, 5.74) is 3.29. The Kier molecular flexibility index (Phi) is 3.97. The van der Waals surface area contributed by atoms with E-state index < -0.39 is 0 Å². The molecule has 20 heavy (non-hydrogen) atoms. The minimum atomic E-state index is 0.691. The van der Waals surface area contributed by atoms with Gasteiger partial charge in [0.2, 0.25) is 0 Å². The molecule has 1 aliphatic carbocycles. The van der Waals surface area contributed by atoms with Crippen LogP contribution in [0.25, 0.3) is 0 Å². The van der Waals surface area contributed by atoms with Gasteiger partial charge in [0, 0.05) is 25.8 Å². The first kappa shape index (κ1) is 13.9. The molecule has 1 saturated carbocycles. The molecule has 2 fully saturated rings. The lowest BCUT2D eigenvalue weighted by Crippen LogP contribution is -2.39. The highest BCUT2D eigenvalue weighted by Crippen LogP contribution is 2.46. The first-order valence-electron chi connectivity index (χ1n) is 8.08. The smallest absolute Gasteiger partial charge is 0.131 e. The molecule has 1 saturated heterocycles. The van der Waals surface area contributed by atoms with E-state index in [4.69, 9.17) is 4.98 Å². The van der Waals surface area contributed by atoms with Gasteiger partial charge in [0.05, 0.1) is 0 Å². The van der Waals surface area contributed by atoms with Crippen molar-refractivity contribution in [2.45, 2.75) is 52.0 Å². The fraction of sp³-hybridized carbons (Fsp3) is 0.706. The van der Waals surface area contributed by atoms with Crippen LogP contribution in [0.5, 0.6) is 0 Å². The van der Waals surface area contributed by atoms with Gasteiger partial charge >= 0.3 is 0 Å². The highest BCUT2D eigenvalue weighted by Gasteiger charge is 2.37. The van der Waals surface area contributed by atoms with Gasteiger partial charge in [-0.1, -0.05) is 12.8 Å². The van der Waals surface area contributed by atoms with Crippen molar-refractivity contribution in [3.8, 4) is 0 Å². The van der Waals surface area contributed by atoms with Crippen LogP contribution < -0.4 is 10.2 Å². The summed E-state index contributed by atoms with van der Waals surface area (Å²) in [4.78, 5) is 7.22. The van der Waals surface area contributed by atoms with Gasteiger partial charge in [-0.2, -0.15) is 0 Å². The molecule has 0 atom stereocenters. The van der Waals surface area contributed by atoms with Crippen molar-refractivity contribution in [3.63, 3.8) is 0 Å². The summed E-state index contributed by atoms with van der Waals surface area (Å²) in [7, 11) is 1.98. The van der Waals surface area contributed by atoms with Gasteiger partial charge in [-0.3, -0.25) is 0 Å². The number of nitrogens with one attached hydrogen (secondary N) is 1. The number of rotatable bonds is 3. The molecule has 1 aromatic heterocycles. The Balaban J connectivity index is 1.68. The SMILES string of the molecule is CNCc1cnc(N2CCC3(CCCC3)CC2)c(C)c1. The number of anilines is 1. The Morgan fingerprint density at radius 2 is 1.90 bits per heavy atom. The van der Waals surface area contributed by atoms with E-state index in [0.29, 0.717) is 5.41 Å². The fourth-order valence-electron chi connectivity index (χ4n) is 4.08. The van der Waals surface area contributed by atoms with E-state index in [-0.39, 0.29) is 0 Å². The summed E-state index contributed by atoms with van der Waals surface area (Å²) in [6, 6.07) is 2.28. The van der Waals surface area contributed by atoms with Crippen LogP contribution in [-0.2, 0) is 6.54 Å². The molecule has 1 spiro atoms. The minimum absolute atomic E-state index is 0.691. The zero-order valence-electron chi connectivity index (χ0n) is 12.9. The molecule has 0 radical (unpaired) electrons. The second kappa shape index (κ2) is 5.72. The van der Waals surface area contributed by atoms with Gasteiger partial charge in [0.1, 0.15) is 5.82 Å². The average Bonchev–Trinajstić information content (AvgIpc) is 2.89. The molecule has 3 rings (SSSR count). The topological polar surface area (TPSA) is 28.2 Å². The van der Waals surface area contributed by atoms with Gasteiger partial charge in [0.25, 0.3) is 0 Å². The summed E-state index contributed by atoms with van der Waals surface area (Å²) in [5.74, 6) is 1.21. The Morgan fingerprint density at radius 3 is 2.50 bits per heavy atom. The Morgan fingerprint density at radius 1 is 1.20 bits per heavy atom. The molecule has 0 bridgehead atoms. The molecule has 2 aliphatic rings. The van der Waals surface area contributed by atoms with Crippen LogP contribution >= 0.6 is 0 Å². The molecule has 1 N–H and O–H groups in total. The van der Waals surface area contributed by atoms with Crippen LogP contribution in [0, 0.1) is 12.3 Å². The number of aryl methyl sites for hydroxylation is 1. The maximum atomic E-state index is 4.72. The number of nitrogens with zero attached hydrogens (tertiary/aromatic N) is 2. The average molecular weight is 273 g/mol. The summed E-state index contributed by atoms with van der Waals surface area (Å²) in [5, 5.41) is 3.19. The summed E-state index contributed by atoms with van der Waals surface area (Å²) in [6.07, 6.45) is 10.6. The van der Waals surface area contributed by atoms with Gasteiger partial charge in [-0.25, -0.2) is 4.98 Å². The number of aromatic nitrogens is 1. The maximum absolute atomic E-state index is 4.72. The van der Waals surface area contributed by atoms with Crippen LogP contribution in [0.15, 0.2) is 12.3 Å². The fourth-order valence-corrected chi connectivity index (χ4v) is 4.08. The van der Waals surface area contributed by atoms with Gasteiger partial charge in [0.15, 0.2) is 0 Å². The number of piperidine rings is 1. The third-order valence-corrected chi connectivity index (χ3v) is 5.28. The zero-order chi connectivity index (χ0) is 14.0. The van der Waals surface area contributed by atoms with Crippen molar-refractivity contribution in [2.75, 3.05) is 25.0 Å². The van der Waals surface area contributed by atoms with Crippen LogP contribution in [0.4, 0.5) is 5.82 Å². The van der Waals surface area contributed by atoms with E-state index in [1.165, 1.54) is 68.6 Å². The molecular formula is C17H27N3. The monoisotopic (exact) mass is 273 g/mol.